The van der Waals surface area contributed by atoms with Crippen molar-refractivity contribution in [2.45, 2.75) is 64.5 Å². The number of alkyl carbamates (subject to hydrolysis) is 1. The Kier molecular flexibility index (Phi) is 10.5. The van der Waals surface area contributed by atoms with Gasteiger partial charge in [-0.05, 0) is 105 Å². The van der Waals surface area contributed by atoms with Gasteiger partial charge >= 0.3 is 11.8 Å². The van der Waals surface area contributed by atoms with Gasteiger partial charge in [0.05, 0.1) is 0 Å². The maximum atomic E-state index is 13.6. The monoisotopic (exact) mass is 640 g/mol. The number of nitrogens with one attached hydrogen (secondary N) is 4. The van der Waals surface area contributed by atoms with Gasteiger partial charge in [0.1, 0.15) is 11.6 Å². The molecule has 2 aromatic carbocycles. The number of pyridine rings is 1. The number of hydrogen-bond acceptors (Lipinski definition) is 8. The van der Waals surface area contributed by atoms with Crippen molar-refractivity contribution in [2.24, 2.45) is 11.8 Å². The minimum absolute atomic E-state index is 0.164. The summed E-state index contributed by atoms with van der Waals surface area (Å²) in [7, 11) is 0. The molecule has 2 heterocycles. The molecule has 12 nitrogen and oxygen atoms in total. The summed E-state index contributed by atoms with van der Waals surface area (Å²) >= 11 is 0. The lowest BCUT2D eigenvalue weighted by Crippen LogP contribution is -2.48. The van der Waals surface area contributed by atoms with E-state index >= 15 is 0 Å². The first kappa shape index (κ1) is 33.1. The molecule has 1 saturated carbocycles. The van der Waals surface area contributed by atoms with Gasteiger partial charge in [0.2, 0.25) is 11.8 Å². The lowest BCUT2D eigenvalue weighted by Gasteiger charge is -2.29. The number of anilines is 1. The molecule has 0 saturated heterocycles. The summed E-state index contributed by atoms with van der Waals surface area (Å²) in [6.45, 7) is 5.96. The molecule has 1 atom stereocenters. The molecular weight excluding hydrogens is 600 g/mol. The predicted octanol–water partition coefficient (Wildman–Crippen LogP) is 5.09. The number of rotatable bonds is 10. The third-order valence-corrected chi connectivity index (χ3v) is 8.06. The van der Waals surface area contributed by atoms with E-state index in [2.05, 4.69) is 35.6 Å². The maximum absolute atomic E-state index is 13.6. The van der Waals surface area contributed by atoms with E-state index in [1.54, 1.807) is 36.7 Å². The van der Waals surface area contributed by atoms with Crippen LogP contribution in [0.5, 0.6) is 0 Å². The van der Waals surface area contributed by atoms with Crippen LogP contribution in [-0.2, 0) is 20.7 Å². The number of benzene rings is 2. The van der Waals surface area contributed by atoms with Crippen LogP contribution >= 0.6 is 0 Å². The zero-order valence-corrected chi connectivity index (χ0v) is 26.7. The van der Waals surface area contributed by atoms with E-state index in [0.717, 1.165) is 29.5 Å². The summed E-state index contributed by atoms with van der Waals surface area (Å²) in [5.41, 5.74) is 3.52. The van der Waals surface area contributed by atoms with E-state index < -0.39 is 23.5 Å². The predicted molar refractivity (Wildman–Crippen MR) is 176 cm³/mol. The van der Waals surface area contributed by atoms with Crippen molar-refractivity contribution in [1.82, 2.24) is 25.8 Å². The standard InChI is InChI=1S/C35H40N6O6/c1-35(2,3)46-33(44)37-21-23-6-10-27(11-7-23)31(42)39-29(20-22-4-8-24(9-5-22)25-16-18-36-19-17-25)32(43)38-28-14-12-26(13-15-28)30-40-34(45)47-41-30/h4-5,8-9,12-19,23,27,29H,6-7,10-11,20-21H2,1-3H3,(H,37,44)(H,38,43)(H,39,42)(H,40,41,45)/t23?,27?,29-/m0/s1. The second-order valence-electron chi connectivity index (χ2n) is 12.8. The van der Waals surface area contributed by atoms with Crippen LogP contribution in [0, 0.1) is 11.8 Å². The Balaban J connectivity index is 1.23. The smallest absolute Gasteiger partial charge is 0.439 e. The van der Waals surface area contributed by atoms with Crippen LogP contribution in [-0.4, -0.2) is 51.2 Å². The Morgan fingerprint density at radius 1 is 0.915 bits per heavy atom. The first-order chi connectivity index (χ1) is 22.5. The number of carbonyl (C=O) groups excluding carboxylic acids is 3. The highest BCUT2D eigenvalue weighted by molar-refractivity contribution is 5.97. The van der Waals surface area contributed by atoms with Gasteiger partial charge in [-0.2, -0.15) is 0 Å². The van der Waals surface area contributed by atoms with Crippen LogP contribution in [0.2, 0.25) is 0 Å². The van der Waals surface area contributed by atoms with Crippen LogP contribution < -0.4 is 21.7 Å². The summed E-state index contributed by atoms with van der Waals surface area (Å²) in [5.74, 6) is -0.875. The van der Waals surface area contributed by atoms with Gasteiger partial charge in [0.15, 0.2) is 5.82 Å². The highest BCUT2D eigenvalue weighted by Gasteiger charge is 2.30. The van der Waals surface area contributed by atoms with Crippen molar-refractivity contribution in [1.29, 1.82) is 0 Å². The van der Waals surface area contributed by atoms with Crippen molar-refractivity contribution in [3.8, 4) is 22.5 Å². The number of H-pyrrole nitrogens is 1. The molecule has 3 amide bonds. The van der Waals surface area contributed by atoms with E-state index in [4.69, 9.17) is 4.74 Å². The molecule has 47 heavy (non-hydrogen) atoms. The van der Waals surface area contributed by atoms with Gasteiger partial charge in [-0.1, -0.05) is 29.4 Å². The number of ether oxygens (including phenoxy) is 1. The van der Waals surface area contributed by atoms with Gasteiger partial charge in [-0.15, -0.1) is 0 Å². The van der Waals surface area contributed by atoms with E-state index in [-0.39, 0.29) is 29.5 Å². The minimum atomic E-state index is -0.826. The lowest BCUT2D eigenvalue weighted by molar-refractivity contribution is -0.130. The van der Waals surface area contributed by atoms with Crippen molar-refractivity contribution in [3.05, 3.63) is 89.2 Å². The Labute approximate surface area is 272 Å². The zero-order chi connectivity index (χ0) is 33.4. The SMILES string of the molecule is CC(C)(C)OC(=O)NCC1CCC(C(=O)N[C@@H](Cc2ccc(-c3ccncc3)cc2)C(=O)Nc2ccc(-c3noc(=O)[nH]3)cc2)CC1. The van der Waals surface area contributed by atoms with Crippen LogP contribution in [0.4, 0.5) is 10.5 Å². The molecule has 246 valence electrons. The minimum Gasteiger partial charge on any atom is -0.444 e. The number of aromatic nitrogens is 3. The third kappa shape index (κ3) is 9.62. The topological polar surface area (TPSA) is 168 Å². The fourth-order valence-electron chi connectivity index (χ4n) is 5.58. The van der Waals surface area contributed by atoms with Crippen LogP contribution in [0.15, 0.2) is 82.4 Å². The first-order valence-electron chi connectivity index (χ1n) is 15.8. The lowest BCUT2D eigenvalue weighted by atomic mass is 9.81. The van der Waals surface area contributed by atoms with E-state index in [0.29, 0.717) is 37.1 Å². The molecule has 4 N–H and O–H groups in total. The molecule has 0 unspecified atom stereocenters. The molecular formula is C35H40N6O6. The third-order valence-electron chi connectivity index (χ3n) is 8.06. The Hall–Kier alpha value is -5.26. The van der Waals surface area contributed by atoms with Crippen LogP contribution in [0.25, 0.3) is 22.5 Å². The zero-order valence-electron chi connectivity index (χ0n) is 26.7. The van der Waals surface area contributed by atoms with Gasteiger partial charge in [-0.25, -0.2) is 9.59 Å². The summed E-state index contributed by atoms with van der Waals surface area (Å²) in [4.78, 5) is 57.0. The first-order valence-corrected chi connectivity index (χ1v) is 15.8. The fraction of sp³-hybridized carbons (Fsp3) is 0.371. The van der Waals surface area contributed by atoms with E-state index in [1.807, 2.05) is 57.2 Å². The summed E-state index contributed by atoms with van der Waals surface area (Å²) in [5, 5.41) is 12.5. The number of hydrogen-bond donors (Lipinski definition) is 4. The van der Waals surface area contributed by atoms with E-state index in [1.165, 1.54) is 0 Å². The second kappa shape index (κ2) is 14.9. The molecule has 1 aliphatic carbocycles. The Morgan fingerprint density at radius 3 is 2.17 bits per heavy atom. The van der Waals surface area contributed by atoms with Gasteiger partial charge in [0, 0.05) is 42.5 Å². The van der Waals surface area contributed by atoms with Crippen molar-refractivity contribution in [3.63, 3.8) is 0 Å². The largest absolute Gasteiger partial charge is 0.444 e. The van der Waals surface area contributed by atoms with Crippen LogP contribution in [0.3, 0.4) is 0 Å². The van der Waals surface area contributed by atoms with Gasteiger partial charge in [-0.3, -0.25) is 24.1 Å². The average Bonchev–Trinajstić information content (AvgIpc) is 3.50. The number of amides is 3. The molecule has 0 radical (unpaired) electrons. The van der Waals surface area contributed by atoms with Crippen molar-refractivity contribution < 1.29 is 23.6 Å². The maximum Gasteiger partial charge on any atom is 0.439 e. The molecule has 0 bridgehead atoms. The number of nitrogens with zero attached hydrogens (tertiary/aromatic N) is 2. The van der Waals surface area contributed by atoms with Gasteiger partial charge in [0.25, 0.3) is 0 Å². The quantitative estimate of drug-likeness (QED) is 0.186. The van der Waals surface area contributed by atoms with E-state index in [9.17, 15) is 19.2 Å². The van der Waals surface area contributed by atoms with Crippen LogP contribution in [0.1, 0.15) is 52.0 Å². The molecule has 12 heteroatoms. The molecule has 2 aromatic heterocycles. The molecule has 4 aromatic rings. The highest BCUT2D eigenvalue weighted by Crippen LogP contribution is 2.29. The molecule has 0 spiro atoms. The summed E-state index contributed by atoms with van der Waals surface area (Å²) < 4.78 is 9.90. The molecule has 1 fully saturated rings. The Morgan fingerprint density at radius 2 is 1.55 bits per heavy atom. The van der Waals surface area contributed by atoms with Crippen molar-refractivity contribution >= 4 is 23.6 Å². The van der Waals surface area contributed by atoms with Gasteiger partial charge < -0.3 is 20.7 Å². The fourth-order valence-corrected chi connectivity index (χ4v) is 5.58. The second-order valence-corrected chi connectivity index (χ2v) is 12.8. The Bertz CT molecular complexity index is 1700. The highest BCUT2D eigenvalue weighted by atomic mass is 16.6. The average molecular weight is 641 g/mol. The number of aromatic amines is 1. The molecule has 0 aliphatic heterocycles. The van der Waals surface area contributed by atoms with Crippen molar-refractivity contribution in [2.75, 3.05) is 11.9 Å². The molecule has 1 aliphatic rings. The number of carbonyl (C=O) groups is 3. The normalized spacial score (nSPS) is 16.9. The summed E-state index contributed by atoms with van der Waals surface area (Å²) in [6, 6.07) is 17.7. The summed E-state index contributed by atoms with van der Waals surface area (Å²) in [6.07, 6.45) is 6.21. The molecule has 5 rings (SSSR count).